The second-order valence-corrected chi connectivity index (χ2v) is 8.75. The Labute approximate surface area is 164 Å². The first-order valence-electron chi connectivity index (χ1n) is 10.2. The van der Waals surface area contributed by atoms with Crippen molar-refractivity contribution in [3.05, 3.63) is 34.9 Å². The van der Waals surface area contributed by atoms with Gasteiger partial charge < -0.3 is 10.6 Å². The van der Waals surface area contributed by atoms with E-state index >= 15 is 0 Å². The first kappa shape index (κ1) is 17.8. The lowest BCUT2D eigenvalue weighted by Crippen LogP contribution is -2.52. The molecule has 148 valence electrons. The second-order valence-electron chi connectivity index (χ2n) is 8.75. The maximum atomic E-state index is 12.9. The number of nitrogens with two attached hydrogens (primary N) is 1. The number of nitrogens with one attached hydrogen (secondary N) is 1. The van der Waals surface area contributed by atoms with Gasteiger partial charge in [0.1, 0.15) is 6.04 Å². The van der Waals surface area contributed by atoms with Crippen molar-refractivity contribution < 1.29 is 14.4 Å². The predicted molar refractivity (Wildman–Crippen MR) is 102 cm³/mol. The van der Waals surface area contributed by atoms with Crippen LogP contribution in [0.3, 0.4) is 0 Å². The Morgan fingerprint density at radius 3 is 2.75 bits per heavy atom. The second kappa shape index (κ2) is 6.67. The number of imide groups is 1. The summed E-state index contributed by atoms with van der Waals surface area (Å²) in [5.74, 6) is 0.597. The molecule has 3 fully saturated rings. The van der Waals surface area contributed by atoms with Gasteiger partial charge >= 0.3 is 0 Å². The highest BCUT2D eigenvalue weighted by molar-refractivity contribution is 6.05. The number of benzene rings is 1. The van der Waals surface area contributed by atoms with E-state index in [-0.39, 0.29) is 24.1 Å². The van der Waals surface area contributed by atoms with Crippen molar-refractivity contribution >= 4 is 17.7 Å². The topological polar surface area (TPSA) is 95.7 Å². The molecule has 1 aromatic carbocycles. The highest BCUT2D eigenvalue weighted by Crippen LogP contribution is 2.38. The van der Waals surface area contributed by atoms with E-state index in [2.05, 4.69) is 16.3 Å². The van der Waals surface area contributed by atoms with Crippen LogP contribution in [0.25, 0.3) is 0 Å². The highest BCUT2D eigenvalue weighted by atomic mass is 16.2. The number of amides is 3. The third kappa shape index (κ3) is 2.93. The van der Waals surface area contributed by atoms with Gasteiger partial charge in [-0.15, -0.1) is 0 Å². The number of carbonyl (C=O) groups excluding carboxylic acids is 3. The Bertz CT molecular complexity index is 854. The SMILES string of the molecule is NC1CCC2CN(Cc3ccc4c(c3)C(=O)N(C3CCC(=O)NC3=O)C4)CC12. The van der Waals surface area contributed by atoms with Crippen LogP contribution in [0.5, 0.6) is 0 Å². The van der Waals surface area contributed by atoms with E-state index in [1.54, 1.807) is 4.90 Å². The molecule has 1 saturated carbocycles. The van der Waals surface area contributed by atoms with E-state index in [1.807, 2.05) is 12.1 Å². The molecule has 28 heavy (non-hydrogen) atoms. The van der Waals surface area contributed by atoms with Crippen molar-refractivity contribution in [1.82, 2.24) is 15.1 Å². The van der Waals surface area contributed by atoms with Crippen LogP contribution in [0.2, 0.25) is 0 Å². The zero-order chi connectivity index (χ0) is 19.4. The maximum Gasteiger partial charge on any atom is 0.255 e. The fraction of sp³-hybridized carbons (Fsp3) is 0.571. The van der Waals surface area contributed by atoms with Crippen LogP contribution in [0, 0.1) is 11.8 Å². The summed E-state index contributed by atoms with van der Waals surface area (Å²) >= 11 is 0. The fourth-order valence-corrected chi connectivity index (χ4v) is 5.49. The summed E-state index contributed by atoms with van der Waals surface area (Å²) in [4.78, 5) is 40.6. The predicted octanol–water partition coefficient (Wildman–Crippen LogP) is 0.617. The summed E-state index contributed by atoms with van der Waals surface area (Å²) in [5, 5.41) is 2.35. The molecule has 4 unspecified atom stereocenters. The number of piperidine rings is 1. The third-order valence-electron chi connectivity index (χ3n) is 6.99. The zero-order valence-electron chi connectivity index (χ0n) is 15.9. The third-order valence-corrected chi connectivity index (χ3v) is 6.99. The van der Waals surface area contributed by atoms with Gasteiger partial charge in [0.05, 0.1) is 0 Å². The molecule has 1 aromatic rings. The summed E-state index contributed by atoms with van der Waals surface area (Å²) in [7, 11) is 0. The average molecular weight is 382 g/mol. The largest absolute Gasteiger partial charge is 0.327 e. The van der Waals surface area contributed by atoms with Gasteiger partial charge in [0.15, 0.2) is 0 Å². The molecule has 7 nitrogen and oxygen atoms in total. The summed E-state index contributed by atoms with van der Waals surface area (Å²) in [6, 6.07) is 5.86. The van der Waals surface area contributed by atoms with Crippen molar-refractivity contribution in [3.8, 4) is 0 Å². The zero-order valence-corrected chi connectivity index (χ0v) is 15.9. The van der Waals surface area contributed by atoms with Gasteiger partial charge in [0.25, 0.3) is 5.91 Å². The van der Waals surface area contributed by atoms with E-state index in [4.69, 9.17) is 5.73 Å². The molecule has 0 spiro atoms. The van der Waals surface area contributed by atoms with Crippen molar-refractivity contribution in [2.75, 3.05) is 13.1 Å². The summed E-state index contributed by atoms with van der Waals surface area (Å²) in [5.41, 5.74) is 9.02. The molecule has 7 heteroatoms. The molecular weight excluding hydrogens is 356 g/mol. The van der Waals surface area contributed by atoms with E-state index in [9.17, 15) is 14.4 Å². The van der Waals surface area contributed by atoms with Gasteiger partial charge in [-0.2, -0.15) is 0 Å². The molecule has 4 aliphatic rings. The molecule has 0 radical (unpaired) electrons. The molecule has 1 aliphatic carbocycles. The van der Waals surface area contributed by atoms with Gasteiger partial charge in [-0.05, 0) is 48.3 Å². The first-order chi connectivity index (χ1) is 13.5. The normalized spacial score (nSPS) is 32.6. The van der Waals surface area contributed by atoms with Crippen molar-refractivity contribution in [2.45, 2.75) is 50.9 Å². The maximum absolute atomic E-state index is 12.9. The van der Waals surface area contributed by atoms with Crippen molar-refractivity contribution in [2.24, 2.45) is 17.6 Å². The summed E-state index contributed by atoms with van der Waals surface area (Å²) in [6.07, 6.45) is 3.05. The number of rotatable bonds is 3. The Morgan fingerprint density at radius 2 is 1.96 bits per heavy atom. The molecule has 5 rings (SSSR count). The van der Waals surface area contributed by atoms with Crippen LogP contribution in [-0.2, 0) is 22.7 Å². The Balaban J connectivity index is 1.29. The van der Waals surface area contributed by atoms with Crippen LogP contribution in [0.1, 0.15) is 47.2 Å². The number of fused-ring (bicyclic) bond motifs is 2. The molecule has 3 heterocycles. The van der Waals surface area contributed by atoms with Crippen LogP contribution in [-0.4, -0.2) is 52.7 Å². The lowest BCUT2D eigenvalue weighted by atomic mass is 9.98. The van der Waals surface area contributed by atoms with Crippen molar-refractivity contribution in [1.29, 1.82) is 0 Å². The standard InChI is InChI=1S/C21H26N4O3/c22-17-4-3-13-9-24(11-16(13)17)8-12-1-2-14-10-25(21(28)15(14)7-12)18-5-6-19(26)23-20(18)27/h1-2,7,13,16-18H,3-6,8-11,22H2,(H,23,26,27). The van der Waals surface area contributed by atoms with E-state index < -0.39 is 6.04 Å². The van der Waals surface area contributed by atoms with E-state index in [0.717, 1.165) is 37.2 Å². The lowest BCUT2D eigenvalue weighted by molar-refractivity contribution is -0.136. The molecule has 3 N–H and O–H groups in total. The van der Waals surface area contributed by atoms with Gasteiger partial charge in [-0.3, -0.25) is 24.6 Å². The van der Waals surface area contributed by atoms with Gasteiger partial charge in [-0.1, -0.05) is 12.1 Å². The van der Waals surface area contributed by atoms with E-state index in [1.165, 1.54) is 6.42 Å². The molecule has 3 aliphatic heterocycles. The molecule has 2 saturated heterocycles. The highest BCUT2D eigenvalue weighted by Gasteiger charge is 2.41. The Kier molecular flexibility index (Phi) is 4.25. The number of hydrogen-bond acceptors (Lipinski definition) is 5. The number of carbonyl (C=O) groups is 3. The number of nitrogens with zero attached hydrogens (tertiary/aromatic N) is 2. The smallest absolute Gasteiger partial charge is 0.255 e. The summed E-state index contributed by atoms with van der Waals surface area (Å²) in [6.45, 7) is 3.40. The minimum Gasteiger partial charge on any atom is -0.327 e. The van der Waals surface area contributed by atoms with Gasteiger partial charge in [0.2, 0.25) is 11.8 Å². The van der Waals surface area contributed by atoms with Gasteiger partial charge in [0, 0.05) is 44.2 Å². The average Bonchev–Trinajstić information content (AvgIpc) is 3.31. The van der Waals surface area contributed by atoms with Crippen molar-refractivity contribution in [3.63, 3.8) is 0 Å². The monoisotopic (exact) mass is 382 g/mol. The first-order valence-corrected chi connectivity index (χ1v) is 10.2. The van der Waals surface area contributed by atoms with E-state index in [0.29, 0.717) is 36.4 Å². The molecule has 0 bridgehead atoms. The Hall–Kier alpha value is -2.25. The van der Waals surface area contributed by atoms with Crippen LogP contribution in [0.15, 0.2) is 18.2 Å². The molecular formula is C21H26N4O3. The molecule has 3 amide bonds. The molecule has 0 aromatic heterocycles. The fourth-order valence-electron chi connectivity index (χ4n) is 5.49. The van der Waals surface area contributed by atoms with Crippen LogP contribution < -0.4 is 11.1 Å². The minimum atomic E-state index is -0.555. The van der Waals surface area contributed by atoms with Crippen LogP contribution >= 0.6 is 0 Å². The number of likely N-dealkylation sites (tertiary alicyclic amines) is 1. The minimum absolute atomic E-state index is 0.105. The quantitative estimate of drug-likeness (QED) is 0.747. The molecule has 4 atom stereocenters. The lowest BCUT2D eigenvalue weighted by Gasteiger charge is -2.29. The van der Waals surface area contributed by atoms with Crippen LogP contribution in [0.4, 0.5) is 0 Å². The van der Waals surface area contributed by atoms with Gasteiger partial charge in [-0.25, -0.2) is 0 Å². The summed E-state index contributed by atoms with van der Waals surface area (Å²) < 4.78 is 0. The number of hydrogen-bond donors (Lipinski definition) is 2. The Morgan fingerprint density at radius 1 is 1.11 bits per heavy atom.